The van der Waals surface area contributed by atoms with Gasteiger partial charge in [-0.25, -0.2) is 0 Å². The lowest BCUT2D eigenvalue weighted by molar-refractivity contribution is 0.325. The summed E-state index contributed by atoms with van der Waals surface area (Å²) in [5.41, 5.74) is 16.1. The lowest BCUT2D eigenvalue weighted by atomic mass is 9.64. The summed E-state index contributed by atoms with van der Waals surface area (Å²) in [7, 11) is 0. The molecule has 0 unspecified atom stereocenters. The average molecular weight is 451 g/mol. The van der Waals surface area contributed by atoms with Gasteiger partial charge in [0, 0.05) is 16.5 Å². The fourth-order valence-corrected chi connectivity index (χ4v) is 5.14. The van der Waals surface area contributed by atoms with E-state index in [1.54, 1.807) is 0 Å². The van der Waals surface area contributed by atoms with Crippen LogP contribution in [0.1, 0.15) is 43.2 Å². The van der Waals surface area contributed by atoms with Crippen molar-refractivity contribution in [2.45, 2.75) is 37.5 Å². The minimum Gasteiger partial charge on any atom is -0.455 e. The second-order valence-electron chi connectivity index (χ2n) is 8.92. The Kier molecular flexibility index (Phi) is 6.13. The zero-order valence-corrected chi connectivity index (χ0v) is 19.2. The van der Waals surface area contributed by atoms with E-state index < -0.39 is 0 Å². The van der Waals surface area contributed by atoms with Crippen LogP contribution in [0.2, 0.25) is 0 Å². The molecule has 0 atom stereocenters. The highest BCUT2D eigenvalue weighted by molar-refractivity contribution is 5.67. The Morgan fingerprint density at radius 2 is 0.941 bits per heavy atom. The maximum Gasteiger partial charge on any atom is 0.154 e. The molecule has 4 aromatic rings. The zero-order valence-electron chi connectivity index (χ0n) is 19.2. The van der Waals surface area contributed by atoms with Crippen molar-refractivity contribution in [3.8, 4) is 23.0 Å². The summed E-state index contributed by atoms with van der Waals surface area (Å²) in [4.78, 5) is 0. The Bertz CT molecular complexity index is 1160. The van der Waals surface area contributed by atoms with Crippen molar-refractivity contribution in [1.29, 1.82) is 0 Å². The van der Waals surface area contributed by atoms with Gasteiger partial charge in [-0.1, -0.05) is 79.9 Å². The van der Waals surface area contributed by atoms with E-state index >= 15 is 0 Å². The van der Waals surface area contributed by atoms with Crippen LogP contribution in [-0.4, -0.2) is 0 Å². The van der Waals surface area contributed by atoms with Gasteiger partial charge in [0.25, 0.3) is 0 Å². The molecule has 0 heterocycles. The lowest BCUT2D eigenvalue weighted by Gasteiger charge is -2.40. The number of para-hydroxylation sites is 4. The van der Waals surface area contributed by atoms with E-state index in [9.17, 15) is 0 Å². The first kappa shape index (κ1) is 21.9. The molecule has 0 amide bonds. The Labute approximate surface area is 201 Å². The molecule has 1 aliphatic carbocycles. The van der Waals surface area contributed by atoms with Gasteiger partial charge < -0.3 is 20.9 Å². The smallest absolute Gasteiger partial charge is 0.154 e. The first-order valence-corrected chi connectivity index (χ1v) is 11.9. The normalized spacial score (nSPS) is 14.9. The molecule has 4 N–H and O–H groups in total. The van der Waals surface area contributed by atoms with Crippen LogP contribution in [0.15, 0.2) is 97.1 Å². The van der Waals surface area contributed by atoms with Crippen LogP contribution < -0.4 is 20.9 Å². The lowest BCUT2D eigenvalue weighted by Crippen LogP contribution is -2.32. The molecule has 0 aliphatic heterocycles. The molecule has 5 rings (SSSR count). The zero-order chi connectivity index (χ0) is 23.4. The van der Waals surface area contributed by atoms with Crippen LogP contribution in [0.25, 0.3) is 0 Å². The quantitative estimate of drug-likeness (QED) is 0.295. The third kappa shape index (κ3) is 4.19. The Morgan fingerprint density at radius 3 is 1.38 bits per heavy atom. The van der Waals surface area contributed by atoms with Crippen molar-refractivity contribution in [1.82, 2.24) is 0 Å². The number of hydrogen-bond donors (Lipinski definition) is 2. The number of nitrogens with two attached hydrogens (primary N) is 2. The molecule has 0 aromatic heterocycles. The summed E-state index contributed by atoms with van der Waals surface area (Å²) in [5, 5.41) is 0. The molecule has 0 saturated heterocycles. The summed E-state index contributed by atoms with van der Waals surface area (Å²) < 4.78 is 12.9. The summed E-state index contributed by atoms with van der Waals surface area (Å²) in [6.07, 6.45) is 5.36. The maximum absolute atomic E-state index is 6.52. The van der Waals surface area contributed by atoms with Crippen molar-refractivity contribution in [2.24, 2.45) is 0 Å². The molecular formula is C30H30N2O2. The molecule has 1 saturated carbocycles. The predicted molar refractivity (Wildman–Crippen MR) is 139 cm³/mol. The molecule has 1 aliphatic rings. The molecular weight excluding hydrogens is 420 g/mol. The molecule has 172 valence electrons. The van der Waals surface area contributed by atoms with E-state index in [-0.39, 0.29) is 5.41 Å². The van der Waals surface area contributed by atoms with E-state index in [2.05, 4.69) is 12.1 Å². The third-order valence-electron chi connectivity index (χ3n) is 6.76. The molecule has 4 aromatic carbocycles. The van der Waals surface area contributed by atoms with Crippen LogP contribution in [0.4, 0.5) is 11.4 Å². The van der Waals surface area contributed by atoms with Crippen LogP contribution in [-0.2, 0) is 5.41 Å². The Morgan fingerprint density at radius 1 is 0.500 bits per heavy atom. The highest BCUT2D eigenvalue weighted by atomic mass is 16.5. The van der Waals surface area contributed by atoms with Gasteiger partial charge in [-0.05, 0) is 49.2 Å². The largest absolute Gasteiger partial charge is 0.455 e. The van der Waals surface area contributed by atoms with Crippen LogP contribution in [0.3, 0.4) is 0 Å². The Hall–Kier alpha value is -3.92. The van der Waals surface area contributed by atoms with E-state index in [1.165, 1.54) is 6.42 Å². The monoisotopic (exact) mass is 450 g/mol. The van der Waals surface area contributed by atoms with Gasteiger partial charge in [0.15, 0.2) is 11.5 Å². The van der Waals surface area contributed by atoms with E-state index in [4.69, 9.17) is 20.9 Å². The fraction of sp³-hybridized carbons (Fsp3) is 0.200. The SMILES string of the molecule is Nc1cccc(C2(c3cccc(N)c3Oc3ccccc3)CCCCC2)c1Oc1ccccc1. The van der Waals surface area contributed by atoms with Crippen molar-refractivity contribution in [3.63, 3.8) is 0 Å². The standard InChI is InChI=1S/C30H30N2O2/c31-26-18-10-16-24(28(26)33-22-12-4-1-5-13-22)30(20-8-3-9-21-30)25-17-11-19-27(32)29(25)34-23-14-6-2-7-15-23/h1-2,4-7,10-19H,3,8-9,20-21,31-32H2. The van der Waals surface area contributed by atoms with Crippen molar-refractivity contribution < 1.29 is 9.47 Å². The van der Waals surface area contributed by atoms with E-state index in [0.29, 0.717) is 22.9 Å². The number of ether oxygens (including phenoxy) is 2. The highest BCUT2D eigenvalue weighted by Crippen LogP contribution is 2.53. The van der Waals surface area contributed by atoms with Crippen molar-refractivity contribution >= 4 is 11.4 Å². The van der Waals surface area contributed by atoms with Gasteiger partial charge in [0.05, 0.1) is 11.4 Å². The molecule has 0 spiro atoms. The van der Waals surface area contributed by atoms with Gasteiger partial charge in [0.2, 0.25) is 0 Å². The van der Waals surface area contributed by atoms with Crippen molar-refractivity contribution in [3.05, 3.63) is 108 Å². The maximum atomic E-state index is 6.52. The number of benzene rings is 4. The summed E-state index contributed by atoms with van der Waals surface area (Å²) in [5.74, 6) is 2.95. The van der Waals surface area contributed by atoms with Crippen LogP contribution >= 0.6 is 0 Å². The molecule has 34 heavy (non-hydrogen) atoms. The van der Waals surface area contributed by atoms with Crippen LogP contribution in [0, 0.1) is 0 Å². The molecule has 4 heteroatoms. The summed E-state index contributed by atoms with van der Waals surface area (Å²) in [6.45, 7) is 0. The minimum atomic E-state index is -0.322. The molecule has 0 radical (unpaired) electrons. The first-order chi connectivity index (χ1) is 16.7. The molecule has 0 bridgehead atoms. The average Bonchev–Trinajstić information content (AvgIpc) is 2.88. The number of rotatable bonds is 6. The van der Waals surface area contributed by atoms with E-state index in [1.807, 2.05) is 84.9 Å². The first-order valence-electron chi connectivity index (χ1n) is 11.9. The van der Waals surface area contributed by atoms with Crippen LogP contribution in [0.5, 0.6) is 23.0 Å². The molecule has 1 fully saturated rings. The second kappa shape index (κ2) is 9.52. The Balaban J connectivity index is 1.68. The fourth-order valence-electron chi connectivity index (χ4n) is 5.14. The van der Waals surface area contributed by atoms with Gasteiger partial charge in [-0.2, -0.15) is 0 Å². The van der Waals surface area contributed by atoms with Crippen molar-refractivity contribution in [2.75, 3.05) is 11.5 Å². The number of nitrogen functional groups attached to an aromatic ring is 2. The predicted octanol–water partition coefficient (Wildman–Crippen LogP) is 7.69. The topological polar surface area (TPSA) is 70.5 Å². The second-order valence-corrected chi connectivity index (χ2v) is 8.92. The number of anilines is 2. The van der Waals surface area contributed by atoms with Gasteiger partial charge >= 0.3 is 0 Å². The summed E-state index contributed by atoms with van der Waals surface area (Å²) in [6, 6.07) is 31.8. The van der Waals surface area contributed by atoms with Gasteiger partial charge in [-0.3, -0.25) is 0 Å². The minimum absolute atomic E-state index is 0.322. The van der Waals surface area contributed by atoms with E-state index in [0.717, 1.165) is 48.3 Å². The summed E-state index contributed by atoms with van der Waals surface area (Å²) >= 11 is 0. The number of hydrogen-bond acceptors (Lipinski definition) is 4. The van der Waals surface area contributed by atoms with Gasteiger partial charge in [-0.15, -0.1) is 0 Å². The highest BCUT2D eigenvalue weighted by Gasteiger charge is 2.41. The molecule has 4 nitrogen and oxygen atoms in total. The van der Waals surface area contributed by atoms with Gasteiger partial charge in [0.1, 0.15) is 11.5 Å². The third-order valence-corrected chi connectivity index (χ3v) is 6.76.